The van der Waals surface area contributed by atoms with Crippen LogP contribution in [0.25, 0.3) is 11.3 Å². The summed E-state index contributed by atoms with van der Waals surface area (Å²) in [7, 11) is 1.63. The normalized spacial score (nSPS) is 14.5. The number of unbranched alkanes of at least 4 members (excludes halogenated alkanes) is 3. The first-order chi connectivity index (χ1) is 16.5. The van der Waals surface area contributed by atoms with Crippen molar-refractivity contribution in [3.8, 4) is 17.0 Å². The molecular weight excluding hydrogens is 448 g/mol. The number of carbonyl (C=O) groups is 1. The monoisotopic (exact) mass is 479 g/mol. The zero-order chi connectivity index (χ0) is 24.2. The van der Waals surface area contributed by atoms with Gasteiger partial charge in [-0.05, 0) is 53.9 Å². The maximum atomic E-state index is 13.4. The Hall–Kier alpha value is -3.13. The Kier molecular flexibility index (Phi) is 7.36. The number of amides is 1. The highest BCUT2D eigenvalue weighted by molar-refractivity contribution is 7.99. The van der Waals surface area contributed by atoms with Crippen molar-refractivity contribution >= 4 is 23.4 Å². The molecule has 4 rings (SSSR count). The topological polar surface area (TPSA) is 79.2 Å². The molecule has 0 saturated heterocycles. The second-order valence-electron chi connectivity index (χ2n) is 8.47. The second kappa shape index (κ2) is 10.4. The van der Waals surface area contributed by atoms with Crippen LogP contribution in [-0.4, -0.2) is 28.9 Å². The van der Waals surface area contributed by atoms with Crippen LogP contribution in [-0.2, 0) is 4.79 Å². The van der Waals surface area contributed by atoms with E-state index in [4.69, 9.17) is 9.84 Å². The van der Waals surface area contributed by atoms with E-state index < -0.39 is 6.17 Å². The fraction of sp³-hybridized carbons (Fsp3) is 0.385. The van der Waals surface area contributed by atoms with Crippen molar-refractivity contribution in [2.24, 2.45) is 0 Å². The summed E-state index contributed by atoms with van der Waals surface area (Å²) in [5, 5.41) is 5.41. The summed E-state index contributed by atoms with van der Waals surface area (Å²) in [5.74, 6) is 1.52. The largest absolute Gasteiger partial charge is 0.496 e. The van der Waals surface area contributed by atoms with Crippen molar-refractivity contribution in [3.63, 3.8) is 0 Å². The Bertz CT molecular complexity index is 1260. The van der Waals surface area contributed by atoms with Crippen LogP contribution in [0.1, 0.15) is 56.8 Å². The number of aromatic amines is 1. The van der Waals surface area contributed by atoms with E-state index in [0.29, 0.717) is 22.1 Å². The van der Waals surface area contributed by atoms with Crippen molar-refractivity contribution < 1.29 is 14.2 Å². The summed E-state index contributed by atoms with van der Waals surface area (Å²) >= 11 is 1.54. The Morgan fingerprint density at radius 1 is 1.21 bits per heavy atom. The van der Waals surface area contributed by atoms with Crippen molar-refractivity contribution in [2.45, 2.75) is 57.8 Å². The Balaban J connectivity index is 1.86. The standard InChI is InChI=1S/C26H30N4O3S/c1-5-6-7-10-15-34-26-27-24(32)23-20-11-8-9-12-21(20)29(18(3)31)25(30(23)28-26)19-13-14-22(33-4)17(2)16-19/h8-9,11-14,16,25H,5-7,10,15H2,1-4H3/p+1. The molecular formula is C26H31N4O3S+. The SMILES string of the molecule is CCCCCCSc1n[n+]2c(c(=O)[nH]1)-c1ccccc1N(C(C)=O)C2c1ccc(OC)c(C)c1. The van der Waals surface area contributed by atoms with Gasteiger partial charge in [-0.3, -0.25) is 14.6 Å². The number of para-hydroxylation sites is 1. The molecule has 8 heteroatoms. The van der Waals surface area contributed by atoms with Gasteiger partial charge in [0.1, 0.15) is 5.75 Å². The summed E-state index contributed by atoms with van der Waals surface area (Å²) in [6, 6.07) is 13.3. The number of thioether (sulfide) groups is 1. The Morgan fingerprint density at radius 3 is 2.71 bits per heavy atom. The summed E-state index contributed by atoms with van der Waals surface area (Å²) in [6.45, 7) is 5.69. The number of rotatable bonds is 8. The number of ether oxygens (including phenoxy) is 1. The third-order valence-corrected chi connectivity index (χ3v) is 7.00. The van der Waals surface area contributed by atoms with Crippen LogP contribution in [0.2, 0.25) is 0 Å². The van der Waals surface area contributed by atoms with Gasteiger partial charge in [0, 0.05) is 23.3 Å². The minimum Gasteiger partial charge on any atom is -0.496 e. The number of benzene rings is 2. The quantitative estimate of drug-likeness (QED) is 0.290. The van der Waals surface area contributed by atoms with Crippen molar-refractivity contribution in [1.82, 2.24) is 10.1 Å². The molecule has 1 amide bonds. The number of carbonyl (C=O) groups excluding carboxylic acids is 1. The van der Waals surface area contributed by atoms with Crippen molar-refractivity contribution in [1.29, 1.82) is 0 Å². The maximum Gasteiger partial charge on any atom is 0.325 e. The predicted molar refractivity (Wildman–Crippen MR) is 134 cm³/mol. The minimum atomic E-state index is -0.589. The molecule has 3 aromatic rings. The highest BCUT2D eigenvalue weighted by Crippen LogP contribution is 2.38. The van der Waals surface area contributed by atoms with E-state index in [1.807, 2.05) is 49.4 Å². The maximum absolute atomic E-state index is 13.4. The van der Waals surface area contributed by atoms with E-state index in [1.54, 1.807) is 35.4 Å². The first kappa shape index (κ1) is 24.0. The number of hydrogen-bond acceptors (Lipinski definition) is 5. The molecule has 0 fully saturated rings. The molecule has 0 aliphatic carbocycles. The molecule has 1 aliphatic rings. The molecule has 1 aromatic heterocycles. The van der Waals surface area contributed by atoms with Crippen LogP contribution >= 0.6 is 11.8 Å². The smallest absolute Gasteiger partial charge is 0.325 e. The number of hydrogen-bond donors (Lipinski definition) is 1. The van der Waals surface area contributed by atoms with Gasteiger partial charge in [-0.2, -0.15) is 0 Å². The Morgan fingerprint density at radius 2 is 2.00 bits per heavy atom. The van der Waals surface area contributed by atoms with Crippen LogP contribution < -0.4 is 19.9 Å². The molecule has 2 aromatic carbocycles. The van der Waals surface area contributed by atoms with Crippen LogP contribution in [0, 0.1) is 6.92 Å². The number of methoxy groups -OCH3 is 1. The molecule has 7 nitrogen and oxygen atoms in total. The van der Waals surface area contributed by atoms with E-state index >= 15 is 0 Å². The van der Waals surface area contributed by atoms with E-state index in [0.717, 1.165) is 35.5 Å². The number of aromatic nitrogens is 3. The van der Waals surface area contributed by atoms with Gasteiger partial charge in [0.25, 0.3) is 6.17 Å². The lowest BCUT2D eigenvalue weighted by Crippen LogP contribution is -2.60. The molecule has 178 valence electrons. The molecule has 0 bridgehead atoms. The average Bonchev–Trinajstić information content (AvgIpc) is 2.82. The van der Waals surface area contributed by atoms with Gasteiger partial charge in [0.2, 0.25) is 11.1 Å². The summed E-state index contributed by atoms with van der Waals surface area (Å²) in [4.78, 5) is 31.0. The third kappa shape index (κ3) is 4.59. The van der Waals surface area contributed by atoms with Gasteiger partial charge >= 0.3 is 11.3 Å². The predicted octanol–water partition coefficient (Wildman–Crippen LogP) is 4.63. The zero-order valence-corrected chi connectivity index (χ0v) is 20.9. The summed E-state index contributed by atoms with van der Waals surface area (Å²) < 4.78 is 7.14. The molecule has 0 radical (unpaired) electrons. The molecule has 2 heterocycles. The van der Waals surface area contributed by atoms with E-state index in [9.17, 15) is 9.59 Å². The molecule has 0 saturated carbocycles. The van der Waals surface area contributed by atoms with Crippen LogP contribution in [0.15, 0.2) is 52.4 Å². The van der Waals surface area contributed by atoms with E-state index in [-0.39, 0.29) is 11.5 Å². The first-order valence-corrected chi connectivity index (χ1v) is 12.7. The molecule has 1 aliphatic heterocycles. The van der Waals surface area contributed by atoms with Crippen molar-refractivity contribution in [3.05, 3.63) is 63.9 Å². The highest BCUT2D eigenvalue weighted by atomic mass is 32.2. The fourth-order valence-electron chi connectivity index (χ4n) is 4.44. The molecule has 0 spiro atoms. The van der Waals surface area contributed by atoms with Gasteiger partial charge in [0.15, 0.2) is 0 Å². The van der Waals surface area contributed by atoms with Gasteiger partial charge in [-0.15, -0.1) is 0 Å². The van der Waals surface area contributed by atoms with Gasteiger partial charge in [-0.1, -0.05) is 50.1 Å². The number of aryl methyl sites for hydroxylation is 1. The Labute approximate surface area is 204 Å². The van der Waals surface area contributed by atoms with Gasteiger partial charge in [-0.25, -0.2) is 4.90 Å². The molecule has 1 unspecified atom stereocenters. The lowest BCUT2D eigenvalue weighted by Gasteiger charge is -2.31. The summed E-state index contributed by atoms with van der Waals surface area (Å²) in [5.41, 5.74) is 3.41. The lowest BCUT2D eigenvalue weighted by atomic mass is 10.0. The zero-order valence-electron chi connectivity index (χ0n) is 20.1. The second-order valence-corrected chi connectivity index (χ2v) is 9.55. The van der Waals surface area contributed by atoms with Gasteiger partial charge in [0.05, 0.1) is 18.4 Å². The number of anilines is 1. The molecule has 1 atom stereocenters. The molecule has 1 N–H and O–H groups in total. The van der Waals surface area contributed by atoms with E-state index in [2.05, 4.69) is 11.9 Å². The van der Waals surface area contributed by atoms with Crippen LogP contribution in [0.4, 0.5) is 5.69 Å². The van der Waals surface area contributed by atoms with Crippen molar-refractivity contribution in [2.75, 3.05) is 17.8 Å². The van der Waals surface area contributed by atoms with Crippen LogP contribution in [0.3, 0.4) is 0 Å². The highest BCUT2D eigenvalue weighted by Gasteiger charge is 2.44. The van der Waals surface area contributed by atoms with E-state index in [1.165, 1.54) is 12.8 Å². The number of nitrogens with zero attached hydrogens (tertiary/aromatic N) is 3. The number of H-pyrrole nitrogens is 1. The van der Waals surface area contributed by atoms with Gasteiger partial charge < -0.3 is 4.74 Å². The summed E-state index contributed by atoms with van der Waals surface area (Å²) in [6.07, 6.45) is 4.01. The fourth-order valence-corrected chi connectivity index (χ4v) is 5.29. The van der Waals surface area contributed by atoms with Crippen LogP contribution in [0.5, 0.6) is 5.75 Å². The average molecular weight is 480 g/mol. The minimum absolute atomic E-state index is 0.125. The third-order valence-electron chi connectivity index (χ3n) is 6.05. The first-order valence-electron chi connectivity index (χ1n) is 11.7. The number of nitrogens with one attached hydrogen (secondary N) is 1. The number of fused-ring (bicyclic) bond motifs is 3. The molecule has 34 heavy (non-hydrogen) atoms. The lowest BCUT2D eigenvalue weighted by molar-refractivity contribution is -0.763.